The maximum atomic E-state index is 10.3. The second kappa shape index (κ2) is 15.3. The third kappa shape index (κ3) is 7.34. The van der Waals surface area contributed by atoms with Gasteiger partial charge < -0.3 is 0 Å². The number of unbranched alkanes of at least 4 members (excludes halogenated alkanes) is 10. The van der Waals surface area contributed by atoms with Crippen molar-refractivity contribution < 1.29 is 0 Å². The van der Waals surface area contributed by atoms with Crippen LogP contribution in [-0.2, 0) is 12.8 Å². The van der Waals surface area contributed by atoms with Gasteiger partial charge in [0.2, 0.25) is 5.69 Å². The summed E-state index contributed by atoms with van der Waals surface area (Å²) in [5, 5.41) is 10.3. The molecule has 0 aliphatic heterocycles. The highest BCUT2D eigenvalue weighted by Gasteiger charge is 2.26. The van der Waals surface area contributed by atoms with Crippen molar-refractivity contribution in [2.75, 3.05) is 0 Å². The molecule has 0 aliphatic rings. The molecule has 4 nitrogen and oxygen atoms in total. The first-order valence-electron chi connectivity index (χ1n) is 14.5. The normalized spacial score (nSPS) is 11.2. The van der Waals surface area contributed by atoms with Crippen LogP contribution in [0.25, 0.3) is 36.8 Å². The summed E-state index contributed by atoms with van der Waals surface area (Å²) in [6, 6.07) is 10.9. The van der Waals surface area contributed by atoms with E-state index in [2.05, 4.69) is 57.8 Å². The van der Waals surface area contributed by atoms with Crippen molar-refractivity contribution in [2.24, 2.45) is 0 Å². The zero-order chi connectivity index (χ0) is 27.5. The Labute approximate surface area is 245 Å². The molecule has 0 atom stereocenters. The molecule has 0 saturated heterocycles. The van der Waals surface area contributed by atoms with E-state index in [1.165, 1.54) is 98.5 Å². The monoisotopic (exact) mass is 574 g/mol. The fourth-order valence-electron chi connectivity index (χ4n) is 5.14. The molecule has 0 spiro atoms. The molecule has 4 aromatic rings. The molecule has 0 aliphatic carbocycles. The molecule has 1 aromatic carbocycles. The Hall–Kier alpha value is -2.58. The second-order valence-corrected chi connectivity index (χ2v) is 13.1. The van der Waals surface area contributed by atoms with Crippen LogP contribution in [0.2, 0.25) is 0 Å². The molecule has 0 amide bonds. The lowest BCUT2D eigenvalue weighted by Crippen LogP contribution is -1.90. The number of benzene rings is 1. The van der Waals surface area contributed by atoms with E-state index in [1.54, 1.807) is 22.7 Å². The number of rotatable bonds is 16. The minimum absolute atomic E-state index is 0.409. The topological polar surface area (TPSA) is 53.9 Å². The van der Waals surface area contributed by atoms with Gasteiger partial charge in [0.05, 0.1) is 29.9 Å². The molecule has 0 radical (unpaired) electrons. The third-order valence-electron chi connectivity index (χ3n) is 7.28. The van der Waals surface area contributed by atoms with Gasteiger partial charge in [-0.2, -0.15) is 14.0 Å². The highest BCUT2D eigenvalue weighted by Crippen LogP contribution is 2.48. The van der Waals surface area contributed by atoms with Gasteiger partial charge in [0.1, 0.15) is 11.0 Å². The summed E-state index contributed by atoms with van der Waals surface area (Å²) < 4.78 is 9.32. The summed E-state index contributed by atoms with van der Waals surface area (Å²) in [6.07, 6.45) is 17.4. The number of fused-ring (bicyclic) bond motifs is 1. The Morgan fingerprint density at radius 1 is 0.718 bits per heavy atom. The fourth-order valence-corrected chi connectivity index (χ4v) is 7.89. The van der Waals surface area contributed by atoms with Gasteiger partial charge in [-0.1, -0.05) is 78.1 Å². The van der Waals surface area contributed by atoms with E-state index in [1.807, 2.05) is 0 Å². The average molecular weight is 575 g/mol. The van der Waals surface area contributed by atoms with Crippen LogP contribution in [0.4, 0.5) is 5.69 Å². The maximum Gasteiger partial charge on any atom is 0.216 e. The Balaban J connectivity index is 1.58. The molecule has 39 heavy (non-hydrogen) atoms. The van der Waals surface area contributed by atoms with Crippen molar-refractivity contribution in [1.82, 2.24) is 8.75 Å². The van der Waals surface area contributed by atoms with Gasteiger partial charge in [-0.3, -0.25) is 0 Å². The number of nitrogens with zero attached hydrogens (tertiary/aromatic N) is 4. The molecule has 3 aromatic heterocycles. The van der Waals surface area contributed by atoms with Crippen LogP contribution < -0.4 is 0 Å². The Bertz CT molecular complexity index is 1320. The van der Waals surface area contributed by atoms with Gasteiger partial charge in [-0.25, -0.2) is 4.85 Å². The smallest absolute Gasteiger partial charge is 0.216 e. The first kappa shape index (κ1) is 29.4. The molecule has 0 fully saturated rings. The van der Waals surface area contributed by atoms with Crippen molar-refractivity contribution in [3.05, 3.63) is 51.0 Å². The molecular formula is C32H38N4S3. The first-order chi connectivity index (χ1) is 19.2. The Morgan fingerprint density at radius 2 is 1.21 bits per heavy atom. The molecule has 3 heterocycles. The summed E-state index contributed by atoms with van der Waals surface area (Å²) in [4.78, 5) is 8.59. The van der Waals surface area contributed by atoms with E-state index in [0.717, 1.165) is 44.8 Å². The van der Waals surface area contributed by atoms with Crippen LogP contribution in [0, 0.1) is 17.9 Å². The highest BCUT2D eigenvalue weighted by molar-refractivity contribution is 7.16. The second-order valence-electron chi connectivity index (χ2n) is 10.2. The van der Waals surface area contributed by atoms with Gasteiger partial charge in [-0.05, 0) is 49.9 Å². The zero-order valence-electron chi connectivity index (χ0n) is 23.2. The Morgan fingerprint density at radius 3 is 1.72 bits per heavy atom. The Kier molecular flexibility index (Phi) is 11.5. The van der Waals surface area contributed by atoms with Gasteiger partial charge in [0.25, 0.3) is 0 Å². The lowest BCUT2D eigenvalue weighted by molar-refractivity contribution is 0.609. The van der Waals surface area contributed by atoms with Crippen molar-refractivity contribution in [3.63, 3.8) is 0 Å². The molecule has 0 unspecified atom stereocenters. The van der Waals surface area contributed by atoms with E-state index >= 15 is 0 Å². The van der Waals surface area contributed by atoms with E-state index < -0.39 is 0 Å². The van der Waals surface area contributed by atoms with Crippen LogP contribution in [0.15, 0.2) is 24.3 Å². The molecule has 0 bridgehead atoms. The molecule has 0 saturated carbocycles. The van der Waals surface area contributed by atoms with Crippen molar-refractivity contribution >= 4 is 51.1 Å². The average Bonchev–Trinajstić information content (AvgIpc) is 3.72. The van der Waals surface area contributed by atoms with Crippen LogP contribution in [0.5, 0.6) is 0 Å². The van der Waals surface area contributed by atoms with Gasteiger partial charge in [0.15, 0.2) is 0 Å². The summed E-state index contributed by atoms with van der Waals surface area (Å²) in [5.41, 5.74) is 3.89. The zero-order valence-corrected chi connectivity index (χ0v) is 25.7. The third-order valence-corrected chi connectivity index (χ3v) is 10.1. The number of hydrogen-bond donors (Lipinski definition) is 0. The minimum atomic E-state index is 0.409. The minimum Gasteiger partial charge on any atom is -0.236 e. The largest absolute Gasteiger partial charge is 0.236 e. The van der Waals surface area contributed by atoms with E-state index in [9.17, 15) is 5.26 Å². The standard InChI is InChI=1S/C32H38N4S3/c1-4-6-8-10-12-14-16-23-18-20-26(37-23)28-25(22-33)30(34-3)29(32-31(28)35-39-36-32)27-21-19-24(38-27)17-15-13-11-9-7-5-2/h18-21H,4-17H2,1-2H3. The predicted molar refractivity (Wildman–Crippen MR) is 169 cm³/mol. The van der Waals surface area contributed by atoms with Gasteiger partial charge >= 0.3 is 0 Å². The van der Waals surface area contributed by atoms with Crippen molar-refractivity contribution in [3.8, 4) is 27.0 Å². The van der Waals surface area contributed by atoms with Gasteiger partial charge in [-0.15, -0.1) is 22.7 Å². The van der Waals surface area contributed by atoms with Crippen LogP contribution >= 0.6 is 34.4 Å². The van der Waals surface area contributed by atoms with Crippen molar-refractivity contribution in [1.29, 1.82) is 5.26 Å². The van der Waals surface area contributed by atoms with E-state index in [-0.39, 0.29) is 0 Å². The molecule has 0 N–H and O–H groups in total. The summed E-state index contributed by atoms with van der Waals surface area (Å²) in [5.74, 6) is 0. The van der Waals surface area contributed by atoms with Crippen LogP contribution in [0.3, 0.4) is 0 Å². The SMILES string of the molecule is [C-]#[N+]c1c(C#N)c(-c2ccc(CCCCCCCC)s2)c2nsnc2c1-c1ccc(CCCCCCCC)s1. The van der Waals surface area contributed by atoms with Crippen LogP contribution in [-0.4, -0.2) is 8.75 Å². The summed E-state index contributed by atoms with van der Waals surface area (Å²) in [6.45, 7) is 12.6. The highest BCUT2D eigenvalue weighted by atomic mass is 32.1. The molecular weight excluding hydrogens is 537 g/mol. The number of aryl methyl sites for hydroxylation is 2. The molecule has 7 heteroatoms. The van der Waals surface area contributed by atoms with Gasteiger partial charge in [0, 0.05) is 30.6 Å². The number of hydrogen-bond acceptors (Lipinski definition) is 6. The lowest BCUT2D eigenvalue weighted by atomic mass is 9.97. The number of aromatic nitrogens is 2. The van der Waals surface area contributed by atoms with E-state index in [4.69, 9.17) is 6.57 Å². The maximum absolute atomic E-state index is 10.3. The summed E-state index contributed by atoms with van der Waals surface area (Å²) in [7, 11) is 0. The summed E-state index contributed by atoms with van der Waals surface area (Å²) >= 11 is 4.62. The molecule has 4 rings (SSSR count). The predicted octanol–water partition coefficient (Wildman–Crippen LogP) is 11.4. The fraction of sp³-hybridized carbons (Fsp3) is 0.500. The van der Waals surface area contributed by atoms with Crippen LogP contribution in [0.1, 0.15) is 106 Å². The van der Waals surface area contributed by atoms with Crippen molar-refractivity contribution in [2.45, 2.75) is 104 Å². The lowest BCUT2D eigenvalue weighted by Gasteiger charge is -2.10. The number of thiophene rings is 2. The number of nitriles is 1. The van der Waals surface area contributed by atoms with E-state index in [0.29, 0.717) is 11.3 Å². The molecule has 204 valence electrons. The first-order valence-corrected chi connectivity index (χ1v) is 16.9. The quantitative estimate of drug-likeness (QED) is 0.0987.